The lowest BCUT2D eigenvalue weighted by Crippen LogP contribution is -2.24. The lowest BCUT2D eigenvalue weighted by Gasteiger charge is -2.23. The fourth-order valence-electron chi connectivity index (χ4n) is 1.90. The minimum Gasteiger partial charge on any atom is -0.383 e. The van der Waals surface area contributed by atoms with Crippen molar-refractivity contribution in [3.63, 3.8) is 0 Å². The second-order valence-electron chi connectivity index (χ2n) is 3.36. The summed E-state index contributed by atoms with van der Waals surface area (Å²) in [5.41, 5.74) is 8.51. The number of hydrogen-bond acceptors (Lipinski definition) is 2. The molecular formula is C9H12N2S. The molecule has 1 aliphatic heterocycles. The highest BCUT2D eigenvalue weighted by atomic mass is 32.1. The first-order chi connectivity index (χ1) is 5.77. The van der Waals surface area contributed by atoms with Crippen LogP contribution in [0.1, 0.15) is 32.1 Å². The Bertz CT molecular complexity index is 289. The van der Waals surface area contributed by atoms with Crippen LogP contribution < -0.4 is 5.73 Å². The van der Waals surface area contributed by atoms with E-state index in [2.05, 4.69) is 4.99 Å². The summed E-state index contributed by atoms with van der Waals surface area (Å²) in [5.74, 6) is 0.681. The van der Waals surface area contributed by atoms with Gasteiger partial charge in [0.15, 0.2) is 0 Å². The Balaban J connectivity index is 2.35. The van der Waals surface area contributed by atoms with E-state index in [4.69, 9.17) is 18.0 Å². The minimum atomic E-state index is 0.681. The summed E-state index contributed by atoms with van der Waals surface area (Å²) in [6.45, 7) is 0. The molecule has 2 aliphatic rings. The standard InChI is InChI=1S/C9H12N2S/c10-9-7-4-2-1-3-6(7)5-8(12)11-9/h1-5H2,(H2,10,11,12). The molecule has 2 rings (SSSR count). The van der Waals surface area contributed by atoms with Gasteiger partial charge in [0.1, 0.15) is 10.8 Å². The van der Waals surface area contributed by atoms with E-state index in [1.807, 2.05) is 0 Å². The number of rotatable bonds is 0. The molecule has 0 fully saturated rings. The van der Waals surface area contributed by atoms with Gasteiger partial charge in [-0.05, 0) is 31.3 Å². The molecular weight excluding hydrogens is 168 g/mol. The van der Waals surface area contributed by atoms with E-state index in [1.54, 1.807) is 0 Å². The SMILES string of the molecule is NC1=NC(=S)CC2=C1CCCC2. The number of hydrogen-bond donors (Lipinski definition) is 1. The molecule has 0 spiro atoms. The minimum absolute atomic E-state index is 0.681. The summed E-state index contributed by atoms with van der Waals surface area (Å²) in [6, 6.07) is 0. The monoisotopic (exact) mass is 180 g/mol. The summed E-state index contributed by atoms with van der Waals surface area (Å²) in [7, 11) is 0. The summed E-state index contributed by atoms with van der Waals surface area (Å²) >= 11 is 5.05. The van der Waals surface area contributed by atoms with Crippen LogP contribution in [0.5, 0.6) is 0 Å². The van der Waals surface area contributed by atoms with E-state index in [9.17, 15) is 0 Å². The second kappa shape index (κ2) is 2.98. The molecule has 0 aromatic rings. The topological polar surface area (TPSA) is 38.4 Å². The third-order valence-corrected chi connectivity index (χ3v) is 2.74. The van der Waals surface area contributed by atoms with Gasteiger partial charge >= 0.3 is 0 Å². The van der Waals surface area contributed by atoms with Gasteiger partial charge in [-0.15, -0.1) is 0 Å². The highest BCUT2D eigenvalue weighted by Gasteiger charge is 2.20. The predicted octanol–water partition coefficient (Wildman–Crippen LogP) is 1.95. The Labute approximate surface area is 77.6 Å². The smallest absolute Gasteiger partial charge is 0.127 e. The first-order valence-electron chi connectivity index (χ1n) is 4.35. The maximum Gasteiger partial charge on any atom is 0.127 e. The Morgan fingerprint density at radius 2 is 2.00 bits per heavy atom. The molecule has 1 heterocycles. The molecule has 2 N–H and O–H groups in total. The molecule has 1 aliphatic carbocycles. The number of dihydropyridines is 1. The Kier molecular flexibility index (Phi) is 1.97. The van der Waals surface area contributed by atoms with Gasteiger partial charge in [0.25, 0.3) is 0 Å². The molecule has 0 aromatic heterocycles. The van der Waals surface area contributed by atoms with Crippen LogP contribution in [0.15, 0.2) is 16.1 Å². The van der Waals surface area contributed by atoms with Crippen molar-refractivity contribution < 1.29 is 0 Å². The van der Waals surface area contributed by atoms with Crippen molar-refractivity contribution in [1.29, 1.82) is 0 Å². The van der Waals surface area contributed by atoms with Crippen molar-refractivity contribution in [2.75, 3.05) is 0 Å². The summed E-state index contributed by atoms with van der Waals surface area (Å²) in [5, 5.41) is 0. The Morgan fingerprint density at radius 3 is 2.83 bits per heavy atom. The summed E-state index contributed by atoms with van der Waals surface area (Å²) in [4.78, 5) is 4.89. The van der Waals surface area contributed by atoms with Gasteiger partial charge in [0, 0.05) is 6.42 Å². The molecule has 0 aromatic carbocycles. The zero-order valence-corrected chi connectivity index (χ0v) is 7.78. The summed E-state index contributed by atoms with van der Waals surface area (Å²) < 4.78 is 0. The molecule has 0 unspecified atom stereocenters. The molecule has 2 nitrogen and oxygen atoms in total. The van der Waals surface area contributed by atoms with Gasteiger partial charge in [-0.2, -0.15) is 0 Å². The van der Waals surface area contributed by atoms with Crippen molar-refractivity contribution in [2.45, 2.75) is 32.1 Å². The highest BCUT2D eigenvalue weighted by Crippen LogP contribution is 2.30. The van der Waals surface area contributed by atoms with Crippen LogP contribution in [-0.4, -0.2) is 10.8 Å². The normalized spacial score (nSPS) is 23.7. The van der Waals surface area contributed by atoms with Gasteiger partial charge in [0.05, 0.1) is 0 Å². The van der Waals surface area contributed by atoms with E-state index < -0.39 is 0 Å². The molecule has 64 valence electrons. The van der Waals surface area contributed by atoms with E-state index in [-0.39, 0.29) is 0 Å². The van der Waals surface area contributed by atoms with Gasteiger partial charge < -0.3 is 5.73 Å². The Hall–Kier alpha value is -0.700. The number of nitrogens with two attached hydrogens (primary N) is 1. The average molecular weight is 180 g/mol. The first-order valence-corrected chi connectivity index (χ1v) is 4.76. The zero-order chi connectivity index (χ0) is 8.55. The second-order valence-corrected chi connectivity index (χ2v) is 3.83. The fourth-order valence-corrected chi connectivity index (χ4v) is 2.17. The van der Waals surface area contributed by atoms with Crippen LogP contribution in [0.4, 0.5) is 0 Å². The van der Waals surface area contributed by atoms with Crippen molar-refractivity contribution in [3.05, 3.63) is 11.1 Å². The van der Waals surface area contributed by atoms with E-state index in [0.29, 0.717) is 5.84 Å². The highest BCUT2D eigenvalue weighted by molar-refractivity contribution is 7.80. The van der Waals surface area contributed by atoms with Crippen LogP contribution in [0.3, 0.4) is 0 Å². The fraction of sp³-hybridized carbons (Fsp3) is 0.556. The third kappa shape index (κ3) is 1.29. The van der Waals surface area contributed by atoms with Crippen LogP contribution in [0.2, 0.25) is 0 Å². The maximum absolute atomic E-state index is 5.78. The number of thiocarbonyl (C=S) groups is 1. The molecule has 0 atom stereocenters. The molecule has 0 saturated carbocycles. The lowest BCUT2D eigenvalue weighted by molar-refractivity contribution is 0.678. The van der Waals surface area contributed by atoms with E-state index in [0.717, 1.165) is 17.8 Å². The van der Waals surface area contributed by atoms with Gasteiger partial charge in [-0.1, -0.05) is 17.8 Å². The molecule has 0 amide bonds. The van der Waals surface area contributed by atoms with Crippen LogP contribution in [0.25, 0.3) is 0 Å². The van der Waals surface area contributed by atoms with Crippen molar-refractivity contribution in [1.82, 2.24) is 0 Å². The first kappa shape index (κ1) is 7.92. The zero-order valence-electron chi connectivity index (χ0n) is 6.97. The van der Waals surface area contributed by atoms with Crippen molar-refractivity contribution in [3.8, 4) is 0 Å². The molecule has 0 bridgehead atoms. The molecule has 0 saturated heterocycles. The Morgan fingerprint density at radius 1 is 1.25 bits per heavy atom. The third-order valence-electron chi connectivity index (χ3n) is 2.50. The molecule has 3 heteroatoms. The largest absolute Gasteiger partial charge is 0.383 e. The number of aliphatic imine (C=N–C) groups is 1. The van der Waals surface area contributed by atoms with Gasteiger partial charge in [0.2, 0.25) is 0 Å². The van der Waals surface area contributed by atoms with Crippen LogP contribution in [0, 0.1) is 0 Å². The van der Waals surface area contributed by atoms with Crippen molar-refractivity contribution in [2.24, 2.45) is 10.7 Å². The average Bonchev–Trinajstić information content (AvgIpc) is 2.04. The van der Waals surface area contributed by atoms with E-state index >= 15 is 0 Å². The van der Waals surface area contributed by atoms with Crippen molar-refractivity contribution >= 4 is 23.0 Å². The van der Waals surface area contributed by atoms with Crippen LogP contribution >= 0.6 is 12.2 Å². The number of nitrogens with zero attached hydrogens (tertiary/aromatic N) is 1. The molecule has 12 heavy (non-hydrogen) atoms. The van der Waals surface area contributed by atoms with Gasteiger partial charge in [-0.25, -0.2) is 4.99 Å². The molecule has 0 radical (unpaired) electrons. The quantitative estimate of drug-likeness (QED) is 0.579. The summed E-state index contributed by atoms with van der Waals surface area (Å²) in [6.07, 6.45) is 5.70. The predicted molar refractivity (Wildman–Crippen MR) is 54.3 cm³/mol. The van der Waals surface area contributed by atoms with Gasteiger partial charge in [-0.3, -0.25) is 0 Å². The van der Waals surface area contributed by atoms with Crippen LogP contribution in [-0.2, 0) is 0 Å². The number of amidine groups is 1. The maximum atomic E-state index is 5.78. The lowest BCUT2D eigenvalue weighted by atomic mass is 9.88. The van der Waals surface area contributed by atoms with E-state index in [1.165, 1.54) is 30.4 Å².